The molecule has 0 aliphatic carbocycles. The predicted molar refractivity (Wildman–Crippen MR) is 58.2 cm³/mol. The lowest BCUT2D eigenvalue weighted by Crippen LogP contribution is -2.40. The molecule has 1 rings (SSSR count). The van der Waals surface area contributed by atoms with E-state index in [4.69, 9.17) is 0 Å². The Hall–Kier alpha value is -0.570. The van der Waals surface area contributed by atoms with Crippen molar-refractivity contribution in [2.24, 2.45) is 0 Å². The summed E-state index contributed by atoms with van der Waals surface area (Å²) in [4.78, 5) is 13.7. The minimum Gasteiger partial charge on any atom is -0.341 e. The van der Waals surface area contributed by atoms with Crippen LogP contribution in [0.4, 0.5) is 0 Å². The fraction of sp³-hybridized carbons (Fsp3) is 0.909. The lowest BCUT2D eigenvalue weighted by atomic mass is 10.2. The van der Waals surface area contributed by atoms with Crippen molar-refractivity contribution in [3.8, 4) is 0 Å². The monoisotopic (exact) mass is 198 g/mol. The van der Waals surface area contributed by atoms with Crippen molar-refractivity contribution in [1.82, 2.24) is 10.2 Å². The molecule has 0 radical (unpaired) electrons. The van der Waals surface area contributed by atoms with Gasteiger partial charge < -0.3 is 10.2 Å². The summed E-state index contributed by atoms with van der Waals surface area (Å²) in [5.41, 5.74) is 0. The summed E-state index contributed by atoms with van der Waals surface area (Å²) in [6.45, 7) is 5.99. The van der Waals surface area contributed by atoms with Crippen LogP contribution < -0.4 is 5.32 Å². The van der Waals surface area contributed by atoms with Gasteiger partial charge in [0.05, 0.1) is 0 Å². The molecule has 3 heteroatoms. The van der Waals surface area contributed by atoms with E-state index >= 15 is 0 Å². The van der Waals surface area contributed by atoms with Gasteiger partial charge >= 0.3 is 0 Å². The van der Waals surface area contributed by atoms with E-state index in [1.54, 1.807) is 0 Å². The molecule has 0 aromatic heterocycles. The van der Waals surface area contributed by atoms with Crippen LogP contribution in [0.15, 0.2) is 0 Å². The van der Waals surface area contributed by atoms with Gasteiger partial charge in [-0.1, -0.05) is 19.8 Å². The van der Waals surface area contributed by atoms with Crippen LogP contribution in [0.1, 0.15) is 39.0 Å². The second-order valence-electron chi connectivity index (χ2n) is 3.94. The van der Waals surface area contributed by atoms with Gasteiger partial charge in [-0.3, -0.25) is 4.79 Å². The van der Waals surface area contributed by atoms with Crippen LogP contribution in [0.2, 0.25) is 0 Å². The second kappa shape index (κ2) is 6.82. The van der Waals surface area contributed by atoms with Gasteiger partial charge in [-0.25, -0.2) is 0 Å². The fourth-order valence-electron chi connectivity index (χ4n) is 1.78. The predicted octanol–water partition coefficient (Wildman–Crippen LogP) is 1.39. The van der Waals surface area contributed by atoms with E-state index < -0.39 is 0 Å². The number of nitrogens with zero attached hydrogens (tertiary/aromatic N) is 1. The van der Waals surface area contributed by atoms with E-state index in [1.165, 1.54) is 12.8 Å². The van der Waals surface area contributed by atoms with Gasteiger partial charge in [0.15, 0.2) is 0 Å². The van der Waals surface area contributed by atoms with Crippen molar-refractivity contribution < 1.29 is 4.79 Å². The highest BCUT2D eigenvalue weighted by molar-refractivity contribution is 5.76. The van der Waals surface area contributed by atoms with E-state index in [1.807, 2.05) is 4.90 Å². The van der Waals surface area contributed by atoms with E-state index in [9.17, 15) is 4.79 Å². The highest BCUT2D eigenvalue weighted by atomic mass is 16.2. The van der Waals surface area contributed by atoms with Crippen LogP contribution in [-0.2, 0) is 4.79 Å². The molecule has 1 saturated heterocycles. The molecular formula is C11H22N2O. The van der Waals surface area contributed by atoms with Crippen molar-refractivity contribution in [2.45, 2.75) is 39.0 Å². The van der Waals surface area contributed by atoms with Gasteiger partial charge in [-0.15, -0.1) is 0 Å². The topological polar surface area (TPSA) is 32.3 Å². The quantitative estimate of drug-likeness (QED) is 0.692. The van der Waals surface area contributed by atoms with Gasteiger partial charge in [-0.2, -0.15) is 0 Å². The number of carbonyl (C=O) groups is 1. The average Bonchev–Trinajstić information content (AvgIpc) is 2.17. The fourth-order valence-corrected chi connectivity index (χ4v) is 1.78. The van der Waals surface area contributed by atoms with Crippen LogP contribution in [0, 0.1) is 0 Å². The summed E-state index contributed by atoms with van der Waals surface area (Å²) in [6, 6.07) is 0. The molecule has 1 heterocycles. The summed E-state index contributed by atoms with van der Waals surface area (Å²) >= 11 is 0. The van der Waals surface area contributed by atoms with Crippen LogP contribution in [0.3, 0.4) is 0 Å². The zero-order chi connectivity index (χ0) is 10.2. The van der Waals surface area contributed by atoms with Crippen LogP contribution in [-0.4, -0.2) is 37.0 Å². The maximum Gasteiger partial charge on any atom is 0.222 e. The lowest BCUT2D eigenvalue weighted by molar-refractivity contribution is -0.131. The molecule has 1 amide bonds. The highest BCUT2D eigenvalue weighted by Gasteiger charge is 2.13. The third-order valence-electron chi connectivity index (χ3n) is 2.69. The number of hydrogen-bond donors (Lipinski definition) is 1. The Morgan fingerprint density at radius 1 is 1.36 bits per heavy atom. The molecule has 0 aromatic rings. The van der Waals surface area contributed by atoms with Crippen molar-refractivity contribution in [3.63, 3.8) is 0 Å². The van der Waals surface area contributed by atoms with Crippen molar-refractivity contribution in [3.05, 3.63) is 0 Å². The SMILES string of the molecule is CCCCCN1CCNCCCC1=O. The molecule has 1 N–H and O–H groups in total. The van der Waals surface area contributed by atoms with E-state index in [0.29, 0.717) is 5.91 Å². The van der Waals surface area contributed by atoms with Gasteiger partial charge in [0.2, 0.25) is 5.91 Å². The van der Waals surface area contributed by atoms with Gasteiger partial charge in [0.25, 0.3) is 0 Å². The standard InChI is InChI=1S/C11H22N2O/c1-2-3-4-9-13-10-8-12-7-5-6-11(13)14/h12H,2-10H2,1H3. The molecule has 0 aromatic carbocycles. The van der Waals surface area contributed by atoms with Gasteiger partial charge in [-0.05, 0) is 19.4 Å². The van der Waals surface area contributed by atoms with E-state index in [-0.39, 0.29) is 0 Å². The third kappa shape index (κ3) is 4.09. The summed E-state index contributed by atoms with van der Waals surface area (Å²) in [6.07, 6.45) is 5.32. The Bertz CT molecular complexity index is 171. The Morgan fingerprint density at radius 2 is 2.21 bits per heavy atom. The molecule has 0 bridgehead atoms. The molecule has 0 unspecified atom stereocenters. The molecule has 1 aliphatic heterocycles. The zero-order valence-electron chi connectivity index (χ0n) is 9.22. The van der Waals surface area contributed by atoms with Crippen LogP contribution in [0.25, 0.3) is 0 Å². The second-order valence-corrected chi connectivity index (χ2v) is 3.94. The first-order chi connectivity index (χ1) is 6.84. The zero-order valence-corrected chi connectivity index (χ0v) is 9.22. The maximum absolute atomic E-state index is 11.7. The van der Waals surface area contributed by atoms with Crippen molar-refractivity contribution in [1.29, 1.82) is 0 Å². The minimum atomic E-state index is 0.350. The average molecular weight is 198 g/mol. The molecule has 1 aliphatic rings. The van der Waals surface area contributed by atoms with E-state index in [2.05, 4.69) is 12.2 Å². The molecule has 0 spiro atoms. The Morgan fingerprint density at radius 3 is 3.00 bits per heavy atom. The summed E-state index contributed by atoms with van der Waals surface area (Å²) in [5, 5.41) is 3.33. The molecular weight excluding hydrogens is 176 g/mol. The number of carbonyl (C=O) groups excluding carboxylic acids is 1. The van der Waals surface area contributed by atoms with Gasteiger partial charge in [0, 0.05) is 26.1 Å². The molecule has 0 atom stereocenters. The van der Waals surface area contributed by atoms with Crippen molar-refractivity contribution in [2.75, 3.05) is 26.2 Å². The number of unbranched alkanes of at least 4 members (excludes halogenated alkanes) is 2. The first kappa shape index (κ1) is 11.5. The molecule has 14 heavy (non-hydrogen) atoms. The third-order valence-corrected chi connectivity index (χ3v) is 2.69. The largest absolute Gasteiger partial charge is 0.341 e. The first-order valence-corrected chi connectivity index (χ1v) is 5.83. The first-order valence-electron chi connectivity index (χ1n) is 5.83. The highest BCUT2D eigenvalue weighted by Crippen LogP contribution is 2.03. The molecule has 1 fully saturated rings. The van der Waals surface area contributed by atoms with Crippen molar-refractivity contribution >= 4 is 5.91 Å². The van der Waals surface area contributed by atoms with Gasteiger partial charge in [0.1, 0.15) is 0 Å². The Balaban J connectivity index is 2.26. The molecule has 82 valence electrons. The number of nitrogens with one attached hydrogen (secondary N) is 1. The number of amides is 1. The Labute approximate surface area is 86.9 Å². The minimum absolute atomic E-state index is 0.350. The lowest BCUT2D eigenvalue weighted by Gasteiger charge is -2.25. The normalized spacial score (nSPS) is 19.2. The summed E-state index contributed by atoms with van der Waals surface area (Å²) in [5.74, 6) is 0.350. The maximum atomic E-state index is 11.7. The Kier molecular flexibility index (Phi) is 5.60. The number of rotatable bonds is 4. The smallest absolute Gasteiger partial charge is 0.222 e. The van der Waals surface area contributed by atoms with Crippen LogP contribution >= 0.6 is 0 Å². The number of hydrogen-bond acceptors (Lipinski definition) is 2. The summed E-state index contributed by atoms with van der Waals surface area (Å²) < 4.78 is 0. The van der Waals surface area contributed by atoms with Crippen LogP contribution in [0.5, 0.6) is 0 Å². The van der Waals surface area contributed by atoms with E-state index in [0.717, 1.165) is 45.4 Å². The molecule has 3 nitrogen and oxygen atoms in total. The summed E-state index contributed by atoms with van der Waals surface area (Å²) in [7, 11) is 0. The molecule has 0 saturated carbocycles.